The van der Waals surface area contributed by atoms with Crippen molar-refractivity contribution in [1.82, 2.24) is 4.90 Å². The van der Waals surface area contributed by atoms with Crippen LogP contribution in [-0.4, -0.2) is 35.1 Å². The van der Waals surface area contributed by atoms with E-state index in [1.54, 1.807) is 0 Å². The van der Waals surface area contributed by atoms with Gasteiger partial charge in [0.1, 0.15) is 0 Å². The SMILES string of the molecule is CC(O)C1CCN(C(=O)c2ccc3c(c2)CCCC3)CC1. The molecule has 1 saturated heterocycles. The number of carbonyl (C=O) groups is 1. The van der Waals surface area contributed by atoms with Crippen LogP contribution >= 0.6 is 0 Å². The average Bonchev–Trinajstić information content (AvgIpc) is 2.54. The molecule has 1 aromatic carbocycles. The summed E-state index contributed by atoms with van der Waals surface area (Å²) in [6.45, 7) is 3.39. The Balaban J connectivity index is 1.68. The van der Waals surface area contributed by atoms with E-state index >= 15 is 0 Å². The van der Waals surface area contributed by atoms with Gasteiger partial charge in [-0.3, -0.25) is 4.79 Å². The first-order valence-electron chi connectivity index (χ1n) is 8.24. The molecule has 1 aliphatic carbocycles. The Morgan fingerprint density at radius 2 is 1.86 bits per heavy atom. The van der Waals surface area contributed by atoms with E-state index in [1.165, 1.54) is 24.0 Å². The zero-order chi connectivity index (χ0) is 14.8. The Kier molecular flexibility index (Phi) is 4.29. The smallest absolute Gasteiger partial charge is 0.253 e. The number of aliphatic hydroxyl groups excluding tert-OH is 1. The molecule has 114 valence electrons. The lowest BCUT2D eigenvalue weighted by atomic mass is 9.89. The highest BCUT2D eigenvalue weighted by molar-refractivity contribution is 5.94. The molecule has 1 aliphatic heterocycles. The number of amides is 1. The third-order valence-electron chi connectivity index (χ3n) is 5.10. The van der Waals surface area contributed by atoms with E-state index in [2.05, 4.69) is 12.1 Å². The van der Waals surface area contributed by atoms with Gasteiger partial charge in [-0.05, 0) is 74.6 Å². The topological polar surface area (TPSA) is 40.5 Å². The zero-order valence-corrected chi connectivity index (χ0v) is 12.8. The third-order valence-corrected chi connectivity index (χ3v) is 5.10. The molecule has 1 fully saturated rings. The summed E-state index contributed by atoms with van der Waals surface area (Å²) in [5.74, 6) is 0.505. The molecule has 1 unspecified atom stereocenters. The maximum absolute atomic E-state index is 12.6. The van der Waals surface area contributed by atoms with Crippen LogP contribution in [0.15, 0.2) is 18.2 Å². The minimum Gasteiger partial charge on any atom is -0.393 e. The molecular formula is C18H25NO2. The number of likely N-dealkylation sites (tertiary alicyclic amines) is 1. The van der Waals surface area contributed by atoms with Crippen molar-refractivity contribution in [1.29, 1.82) is 0 Å². The number of hydrogen-bond acceptors (Lipinski definition) is 2. The van der Waals surface area contributed by atoms with E-state index in [0.29, 0.717) is 5.92 Å². The molecule has 1 N–H and O–H groups in total. The summed E-state index contributed by atoms with van der Waals surface area (Å²) in [7, 11) is 0. The minimum atomic E-state index is -0.258. The summed E-state index contributed by atoms with van der Waals surface area (Å²) in [5.41, 5.74) is 3.63. The van der Waals surface area contributed by atoms with Gasteiger partial charge in [-0.25, -0.2) is 0 Å². The third kappa shape index (κ3) is 3.13. The second-order valence-electron chi connectivity index (χ2n) is 6.56. The molecule has 1 amide bonds. The van der Waals surface area contributed by atoms with Crippen LogP contribution in [0.25, 0.3) is 0 Å². The Hall–Kier alpha value is -1.35. The Labute approximate surface area is 127 Å². The number of aliphatic hydroxyl groups is 1. The first kappa shape index (κ1) is 14.6. The van der Waals surface area contributed by atoms with Crippen molar-refractivity contribution in [2.24, 2.45) is 5.92 Å². The van der Waals surface area contributed by atoms with Gasteiger partial charge in [-0.2, -0.15) is 0 Å². The normalized spacial score (nSPS) is 21.0. The van der Waals surface area contributed by atoms with Crippen LogP contribution in [0.4, 0.5) is 0 Å². The van der Waals surface area contributed by atoms with Crippen molar-refractivity contribution in [3.63, 3.8) is 0 Å². The summed E-state index contributed by atoms with van der Waals surface area (Å²) in [6.07, 6.45) is 6.34. The molecule has 2 aliphatic rings. The molecule has 0 saturated carbocycles. The predicted molar refractivity (Wildman–Crippen MR) is 83.4 cm³/mol. The van der Waals surface area contributed by atoms with Gasteiger partial charge in [0.05, 0.1) is 6.10 Å². The van der Waals surface area contributed by atoms with Crippen LogP contribution in [0, 0.1) is 5.92 Å². The molecular weight excluding hydrogens is 262 g/mol. The van der Waals surface area contributed by atoms with Crippen LogP contribution in [0.1, 0.15) is 54.1 Å². The van der Waals surface area contributed by atoms with Crippen LogP contribution in [0.5, 0.6) is 0 Å². The second kappa shape index (κ2) is 6.18. The van der Waals surface area contributed by atoms with Crippen molar-refractivity contribution in [2.45, 2.75) is 51.6 Å². The number of aryl methyl sites for hydroxylation is 2. The number of nitrogens with zero attached hydrogens (tertiary/aromatic N) is 1. The lowest BCUT2D eigenvalue weighted by Gasteiger charge is -2.33. The van der Waals surface area contributed by atoms with Gasteiger partial charge in [0.25, 0.3) is 5.91 Å². The summed E-state index contributed by atoms with van der Waals surface area (Å²) in [6, 6.07) is 6.25. The van der Waals surface area contributed by atoms with Crippen LogP contribution in [0.3, 0.4) is 0 Å². The number of carbonyl (C=O) groups excluding carboxylic acids is 1. The molecule has 21 heavy (non-hydrogen) atoms. The fraction of sp³-hybridized carbons (Fsp3) is 0.611. The van der Waals surface area contributed by atoms with Gasteiger partial charge in [0, 0.05) is 18.7 Å². The molecule has 1 aromatic rings. The van der Waals surface area contributed by atoms with E-state index in [0.717, 1.165) is 44.3 Å². The minimum absolute atomic E-state index is 0.160. The van der Waals surface area contributed by atoms with Crippen molar-refractivity contribution < 1.29 is 9.90 Å². The maximum Gasteiger partial charge on any atom is 0.253 e. The predicted octanol–water partition coefficient (Wildman–Crippen LogP) is 2.80. The van der Waals surface area contributed by atoms with E-state index in [9.17, 15) is 9.90 Å². The fourth-order valence-corrected chi connectivity index (χ4v) is 3.63. The molecule has 1 atom stereocenters. The second-order valence-corrected chi connectivity index (χ2v) is 6.56. The lowest BCUT2D eigenvalue weighted by Crippen LogP contribution is -2.40. The molecule has 0 spiro atoms. The number of hydrogen-bond donors (Lipinski definition) is 1. The number of rotatable bonds is 2. The highest BCUT2D eigenvalue weighted by atomic mass is 16.3. The number of benzene rings is 1. The van der Waals surface area contributed by atoms with Gasteiger partial charge < -0.3 is 10.0 Å². The van der Waals surface area contributed by atoms with Gasteiger partial charge >= 0.3 is 0 Å². The molecule has 3 nitrogen and oxygen atoms in total. The zero-order valence-electron chi connectivity index (χ0n) is 12.8. The molecule has 0 aromatic heterocycles. The van der Waals surface area contributed by atoms with Gasteiger partial charge in [0.15, 0.2) is 0 Å². The van der Waals surface area contributed by atoms with E-state index < -0.39 is 0 Å². The molecule has 3 heteroatoms. The molecule has 1 heterocycles. The van der Waals surface area contributed by atoms with E-state index in [4.69, 9.17) is 0 Å². The highest BCUT2D eigenvalue weighted by Crippen LogP contribution is 2.25. The largest absolute Gasteiger partial charge is 0.393 e. The Morgan fingerprint density at radius 1 is 1.19 bits per heavy atom. The van der Waals surface area contributed by atoms with E-state index in [1.807, 2.05) is 17.9 Å². The molecule has 0 bridgehead atoms. The van der Waals surface area contributed by atoms with Crippen molar-refractivity contribution >= 4 is 5.91 Å². The number of fused-ring (bicyclic) bond motifs is 1. The van der Waals surface area contributed by atoms with Crippen LogP contribution in [-0.2, 0) is 12.8 Å². The van der Waals surface area contributed by atoms with Crippen molar-refractivity contribution in [3.8, 4) is 0 Å². The van der Waals surface area contributed by atoms with E-state index in [-0.39, 0.29) is 12.0 Å². The summed E-state index contributed by atoms with van der Waals surface area (Å²) >= 11 is 0. The van der Waals surface area contributed by atoms with Gasteiger partial charge in [-0.1, -0.05) is 6.07 Å². The fourth-order valence-electron chi connectivity index (χ4n) is 3.63. The first-order valence-corrected chi connectivity index (χ1v) is 8.24. The monoisotopic (exact) mass is 287 g/mol. The summed E-state index contributed by atoms with van der Waals surface area (Å²) in [4.78, 5) is 14.6. The first-order chi connectivity index (χ1) is 10.1. The van der Waals surface area contributed by atoms with Gasteiger partial charge in [0.2, 0.25) is 0 Å². The van der Waals surface area contributed by atoms with Crippen molar-refractivity contribution in [2.75, 3.05) is 13.1 Å². The quantitative estimate of drug-likeness (QED) is 0.908. The van der Waals surface area contributed by atoms with Crippen molar-refractivity contribution in [3.05, 3.63) is 34.9 Å². The highest BCUT2D eigenvalue weighted by Gasteiger charge is 2.26. The molecule has 3 rings (SSSR count). The van der Waals surface area contributed by atoms with Crippen LogP contribution in [0.2, 0.25) is 0 Å². The average molecular weight is 287 g/mol. The van der Waals surface area contributed by atoms with Crippen LogP contribution < -0.4 is 0 Å². The maximum atomic E-state index is 12.6. The standard InChI is InChI=1S/C18H25NO2/c1-13(20)14-8-10-19(11-9-14)18(21)17-7-6-15-4-2-3-5-16(15)12-17/h6-7,12-14,20H,2-5,8-11H2,1H3. The number of piperidine rings is 1. The lowest BCUT2D eigenvalue weighted by molar-refractivity contribution is 0.0521. The Bertz CT molecular complexity index is 516. The summed E-state index contributed by atoms with van der Waals surface area (Å²) < 4.78 is 0. The van der Waals surface area contributed by atoms with Gasteiger partial charge in [-0.15, -0.1) is 0 Å². The summed E-state index contributed by atoms with van der Waals surface area (Å²) in [5, 5.41) is 9.65. The Morgan fingerprint density at radius 3 is 2.52 bits per heavy atom. The molecule has 0 radical (unpaired) electrons.